The Labute approximate surface area is 240 Å². The van der Waals surface area contributed by atoms with Crippen LogP contribution in [0.15, 0.2) is 4.99 Å². The highest BCUT2D eigenvalue weighted by Crippen LogP contribution is 2.39. The summed E-state index contributed by atoms with van der Waals surface area (Å²) in [5, 5.41) is 80.8. The van der Waals surface area contributed by atoms with Gasteiger partial charge >= 0.3 is 0 Å². The van der Waals surface area contributed by atoms with Crippen molar-refractivity contribution in [1.29, 1.82) is 0 Å². The fraction of sp³-hybridized carbons (Fsp3) is 0.875. The number of aliphatic hydroxyl groups is 7. The summed E-state index contributed by atoms with van der Waals surface area (Å²) in [4.78, 5) is 28.2. The molecule has 1 saturated carbocycles. The smallest absolute Gasteiger partial charge is 0.285 e. The van der Waals surface area contributed by atoms with Gasteiger partial charge in [0.2, 0.25) is 11.8 Å². The fourth-order valence-corrected chi connectivity index (χ4v) is 5.83. The van der Waals surface area contributed by atoms with Gasteiger partial charge in [0.05, 0.1) is 31.8 Å². The lowest BCUT2D eigenvalue weighted by molar-refractivity contribution is -0.339. The van der Waals surface area contributed by atoms with Gasteiger partial charge in [0.1, 0.15) is 67.0 Å². The van der Waals surface area contributed by atoms with Gasteiger partial charge in [-0.05, 0) is 0 Å². The van der Waals surface area contributed by atoms with Crippen LogP contribution >= 0.6 is 0 Å². The number of hydrogen-bond acceptors (Lipinski definition) is 16. The molecule has 18 heteroatoms. The Morgan fingerprint density at radius 1 is 0.786 bits per heavy atom. The van der Waals surface area contributed by atoms with Crippen molar-refractivity contribution in [1.82, 2.24) is 16.0 Å². The number of aliphatic imine (C=N–C) groups is 1. The summed E-state index contributed by atoms with van der Waals surface area (Å²) in [6, 6.07) is -3.30. The van der Waals surface area contributed by atoms with Gasteiger partial charge in [0.15, 0.2) is 12.6 Å². The zero-order valence-electron chi connectivity index (χ0n) is 23.2. The highest BCUT2D eigenvalue weighted by Gasteiger charge is 2.58. The number of carbonyl (C=O) groups is 2. The van der Waals surface area contributed by atoms with E-state index in [1.165, 1.54) is 6.92 Å². The average Bonchev–Trinajstić information content (AvgIpc) is 3.48. The molecule has 0 aromatic carbocycles. The molecule has 18 nitrogen and oxygen atoms in total. The number of carbonyl (C=O) groups excluding carboxylic acids is 2. The summed E-state index contributed by atoms with van der Waals surface area (Å²) in [7, 11) is 1.58. The Morgan fingerprint density at radius 3 is 1.86 bits per heavy atom. The Hall–Kier alpha value is -2.23. The number of hydrogen-bond donors (Lipinski definition) is 10. The molecule has 3 fully saturated rings. The molecule has 10 N–H and O–H groups in total. The summed E-state index contributed by atoms with van der Waals surface area (Å²) in [6.45, 7) is 0.393. The van der Waals surface area contributed by atoms with Crippen LogP contribution in [0.5, 0.6) is 0 Å². The molecule has 0 aromatic rings. The lowest BCUT2D eigenvalue weighted by Gasteiger charge is -2.48. The molecular formula is C24H40N4O14. The summed E-state index contributed by atoms with van der Waals surface area (Å²) >= 11 is 0. The normalized spacial score (nSPS) is 45.0. The topological polar surface area (TPSA) is 270 Å². The molecule has 2 amide bonds. The van der Waals surface area contributed by atoms with E-state index in [4.69, 9.17) is 23.7 Å². The predicted molar refractivity (Wildman–Crippen MR) is 136 cm³/mol. The van der Waals surface area contributed by atoms with Crippen LogP contribution in [-0.2, 0) is 33.3 Å². The number of aliphatic hydroxyl groups excluding tert-OH is 7. The van der Waals surface area contributed by atoms with E-state index in [0.29, 0.717) is 0 Å². The molecule has 15 atom stereocenters. The molecule has 0 radical (unpaired) electrons. The molecular weight excluding hydrogens is 568 g/mol. The lowest BCUT2D eigenvalue weighted by atomic mass is 9.94. The van der Waals surface area contributed by atoms with Crippen molar-refractivity contribution in [3.8, 4) is 0 Å². The van der Waals surface area contributed by atoms with Crippen molar-refractivity contribution in [2.45, 2.75) is 99.5 Å². The van der Waals surface area contributed by atoms with Gasteiger partial charge in [-0.15, -0.1) is 0 Å². The SMILES string of the molecule is CNC1=N[C@H]2[C@H](O)[C@@H](O[C@@H]3O[C@H](CO)[C@@H](O[C@@H]4O[C@H](CO)[C@@H](O)[C@@H](O)[C@H]4NC(C)=O)[C@@H](O)[C@H]3NC(C)=O)[C@H](CO)[C@H]2O1. The first kappa shape index (κ1) is 32.7. The molecule has 0 aromatic heterocycles. The van der Waals surface area contributed by atoms with Gasteiger partial charge in [-0.25, -0.2) is 4.99 Å². The van der Waals surface area contributed by atoms with Gasteiger partial charge in [0.25, 0.3) is 6.02 Å². The summed E-state index contributed by atoms with van der Waals surface area (Å²) < 4.78 is 29.1. The Morgan fingerprint density at radius 2 is 1.33 bits per heavy atom. The maximum Gasteiger partial charge on any atom is 0.285 e. The minimum atomic E-state index is -1.67. The molecule has 4 rings (SSSR count). The van der Waals surface area contributed by atoms with Crippen LogP contribution in [0.1, 0.15) is 13.8 Å². The Kier molecular flexibility index (Phi) is 10.6. The third kappa shape index (κ3) is 6.34. The second-order valence-corrected chi connectivity index (χ2v) is 10.7. The average molecular weight is 609 g/mol. The fourth-order valence-electron chi connectivity index (χ4n) is 5.83. The first-order valence-electron chi connectivity index (χ1n) is 13.6. The standard InChI is InChI=1S/C24H40N4O14/c1-7(32)26-13-16(35)15(34)10(5-30)38-22(13)41-21-11(6-31)39-23(14(18(21)37)27-8(2)33)40-20-9(4-29)19-12(17(20)36)28-24(25-3)42-19/h9-23,29-31,34-37H,4-6H2,1-3H3,(H,25,28)(H,26,32)(H,27,33)/t9-,10-,11-,12+,13-,14-,15-,16+,17+,18+,19-,20+,21-,22+,23+/m1/s1. The molecule has 1 aliphatic carbocycles. The predicted octanol–water partition coefficient (Wildman–Crippen LogP) is -6.39. The van der Waals surface area contributed by atoms with Gasteiger partial charge in [0, 0.05) is 20.9 Å². The van der Waals surface area contributed by atoms with E-state index < -0.39 is 123 Å². The maximum atomic E-state index is 12.1. The van der Waals surface area contributed by atoms with Gasteiger partial charge in [-0.3, -0.25) is 9.59 Å². The van der Waals surface area contributed by atoms with E-state index in [1.807, 2.05) is 0 Å². The number of amidine groups is 1. The maximum absolute atomic E-state index is 12.1. The Bertz CT molecular complexity index is 991. The molecule has 3 heterocycles. The van der Waals surface area contributed by atoms with Crippen molar-refractivity contribution >= 4 is 17.8 Å². The summed E-state index contributed by atoms with van der Waals surface area (Å²) in [5.41, 5.74) is 0. The zero-order valence-corrected chi connectivity index (χ0v) is 23.2. The van der Waals surface area contributed by atoms with Crippen molar-refractivity contribution in [2.24, 2.45) is 10.9 Å². The van der Waals surface area contributed by atoms with Crippen molar-refractivity contribution in [2.75, 3.05) is 26.9 Å². The summed E-state index contributed by atoms with van der Waals surface area (Å²) in [6.07, 6.45) is -15.2. The second kappa shape index (κ2) is 13.6. The van der Waals surface area contributed by atoms with Crippen LogP contribution in [0, 0.1) is 5.92 Å². The first-order chi connectivity index (χ1) is 19.9. The molecule has 0 spiro atoms. The van der Waals surface area contributed by atoms with E-state index in [-0.39, 0.29) is 6.02 Å². The lowest BCUT2D eigenvalue weighted by Crippen LogP contribution is -2.69. The van der Waals surface area contributed by atoms with E-state index in [2.05, 4.69) is 20.9 Å². The van der Waals surface area contributed by atoms with Gasteiger partial charge < -0.3 is 75.4 Å². The van der Waals surface area contributed by atoms with Crippen LogP contribution in [0.3, 0.4) is 0 Å². The van der Waals surface area contributed by atoms with Crippen molar-refractivity contribution in [3.05, 3.63) is 0 Å². The highest BCUT2D eigenvalue weighted by molar-refractivity contribution is 5.75. The third-order valence-electron chi connectivity index (χ3n) is 7.86. The highest BCUT2D eigenvalue weighted by atomic mass is 16.7. The molecule has 2 saturated heterocycles. The van der Waals surface area contributed by atoms with Gasteiger partial charge in [-0.1, -0.05) is 0 Å². The monoisotopic (exact) mass is 608 g/mol. The number of rotatable bonds is 9. The zero-order chi connectivity index (χ0) is 30.9. The number of amides is 2. The van der Waals surface area contributed by atoms with Crippen LogP contribution in [-0.4, -0.2) is 166 Å². The van der Waals surface area contributed by atoms with E-state index >= 15 is 0 Å². The minimum Gasteiger partial charge on any atom is -0.459 e. The molecule has 4 aliphatic rings. The van der Waals surface area contributed by atoms with Crippen LogP contribution in [0.4, 0.5) is 0 Å². The largest absolute Gasteiger partial charge is 0.459 e. The molecule has 0 bridgehead atoms. The van der Waals surface area contributed by atoms with Crippen LogP contribution < -0.4 is 16.0 Å². The minimum absolute atomic E-state index is 0.185. The van der Waals surface area contributed by atoms with Crippen molar-refractivity contribution < 1.29 is 69.0 Å². The first-order valence-corrected chi connectivity index (χ1v) is 13.6. The second-order valence-electron chi connectivity index (χ2n) is 10.7. The third-order valence-corrected chi connectivity index (χ3v) is 7.86. The molecule has 240 valence electrons. The van der Waals surface area contributed by atoms with E-state index in [1.54, 1.807) is 7.05 Å². The summed E-state index contributed by atoms with van der Waals surface area (Å²) in [5.74, 6) is -1.99. The van der Waals surface area contributed by atoms with Crippen LogP contribution in [0.2, 0.25) is 0 Å². The Balaban J connectivity index is 1.57. The van der Waals surface area contributed by atoms with Crippen LogP contribution in [0.25, 0.3) is 0 Å². The molecule has 3 aliphatic heterocycles. The number of nitrogens with one attached hydrogen (secondary N) is 3. The molecule has 0 unspecified atom stereocenters. The quantitative estimate of drug-likeness (QED) is 0.117. The number of ether oxygens (including phenoxy) is 5. The number of nitrogens with zero attached hydrogens (tertiary/aromatic N) is 1. The van der Waals surface area contributed by atoms with E-state index in [0.717, 1.165) is 6.92 Å². The molecule has 42 heavy (non-hydrogen) atoms. The van der Waals surface area contributed by atoms with Gasteiger partial charge in [-0.2, -0.15) is 0 Å². The van der Waals surface area contributed by atoms with Crippen molar-refractivity contribution in [3.63, 3.8) is 0 Å². The number of fused-ring (bicyclic) bond motifs is 1. The van der Waals surface area contributed by atoms with E-state index in [9.17, 15) is 45.3 Å².